The Kier molecular flexibility index (Phi) is 7.16. The van der Waals surface area contributed by atoms with Crippen LogP contribution in [0.25, 0.3) is 0 Å². The number of carbonyl (C=O) groups is 2. The molecule has 4 nitrogen and oxygen atoms in total. The lowest BCUT2D eigenvalue weighted by molar-refractivity contribution is -0.140. The lowest BCUT2D eigenvalue weighted by atomic mass is 10.1. The van der Waals surface area contributed by atoms with Crippen molar-refractivity contribution < 1.29 is 14.0 Å². The maximum absolute atomic E-state index is 14.0. The van der Waals surface area contributed by atoms with Crippen LogP contribution in [0.4, 0.5) is 4.39 Å². The quantitative estimate of drug-likeness (QED) is 0.803. The van der Waals surface area contributed by atoms with Crippen LogP contribution in [0.3, 0.4) is 0 Å². The molecule has 0 saturated heterocycles. The summed E-state index contributed by atoms with van der Waals surface area (Å²) in [6, 6.07) is 12.5. The number of nitrogens with one attached hydrogen (secondary N) is 1. The molecule has 0 radical (unpaired) electrons. The van der Waals surface area contributed by atoms with Crippen molar-refractivity contribution in [2.45, 2.75) is 32.9 Å². The third kappa shape index (κ3) is 5.30. The molecular weight excluding hydrogens is 355 g/mol. The minimum absolute atomic E-state index is 0.0252. The molecule has 0 aromatic heterocycles. The van der Waals surface area contributed by atoms with E-state index in [-0.39, 0.29) is 24.8 Å². The van der Waals surface area contributed by atoms with Crippen LogP contribution in [-0.2, 0) is 22.6 Å². The molecule has 0 bridgehead atoms. The molecule has 1 N–H and O–H groups in total. The molecule has 2 amide bonds. The minimum Gasteiger partial charge on any atom is -0.355 e. The average Bonchev–Trinajstić information content (AvgIpc) is 2.62. The Balaban J connectivity index is 2.23. The van der Waals surface area contributed by atoms with Gasteiger partial charge in [0.2, 0.25) is 11.8 Å². The van der Waals surface area contributed by atoms with Gasteiger partial charge in [-0.2, -0.15) is 0 Å². The molecule has 0 saturated carbocycles. The van der Waals surface area contributed by atoms with Crippen molar-refractivity contribution in [2.24, 2.45) is 0 Å². The van der Waals surface area contributed by atoms with Gasteiger partial charge in [0, 0.05) is 23.7 Å². The van der Waals surface area contributed by atoms with E-state index >= 15 is 0 Å². The number of benzene rings is 2. The predicted molar refractivity (Wildman–Crippen MR) is 100 cm³/mol. The van der Waals surface area contributed by atoms with Crippen molar-refractivity contribution in [1.29, 1.82) is 0 Å². The Morgan fingerprint density at radius 2 is 1.81 bits per heavy atom. The van der Waals surface area contributed by atoms with Gasteiger partial charge in [-0.15, -0.1) is 0 Å². The number of hydrogen-bond acceptors (Lipinski definition) is 2. The topological polar surface area (TPSA) is 49.4 Å². The van der Waals surface area contributed by atoms with E-state index in [0.29, 0.717) is 17.1 Å². The molecule has 2 aromatic carbocycles. The lowest BCUT2D eigenvalue weighted by Crippen LogP contribution is -2.48. The SMILES string of the molecule is CCNC(=O)[C@@H](C)N(Cc1ccccc1F)C(=O)Cc1ccc(Cl)cc1. The van der Waals surface area contributed by atoms with E-state index in [2.05, 4.69) is 5.32 Å². The van der Waals surface area contributed by atoms with Crippen LogP contribution < -0.4 is 5.32 Å². The number of hydrogen-bond donors (Lipinski definition) is 1. The number of carbonyl (C=O) groups excluding carboxylic acids is 2. The maximum atomic E-state index is 14.0. The Hall–Kier alpha value is -2.40. The molecule has 0 aliphatic carbocycles. The zero-order valence-electron chi connectivity index (χ0n) is 14.8. The van der Waals surface area contributed by atoms with Crippen molar-refractivity contribution in [3.8, 4) is 0 Å². The van der Waals surface area contributed by atoms with Crippen LogP contribution >= 0.6 is 11.6 Å². The van der Waals surface area contributed by atoms with Crippen molar-refractivity contribution in [1.82, 2.24) is 10.2 Å². The minimum atomic E-state index is -0.714. The van der Waals surface area contributed by atoms with Gasteiger partial charge in [-0.3, -0.25) is 9.59 Å². The highest BCUT2D eigenvalue weighted by atomic mass is 35.5. The van der Waals surface area contributed by atoms with Gasteiger partial charge >= 0.3 is 0 Å². The summed E-state index contributed by atoms with van der Waals surface area (Å²) < 4.78 is 14.0. The highest BCUT2D eigenvalue weighted by Crippen LogP contribution is 2.16. The number of halogens is 2. The standard InChI is InChI=1S/C20H22ClFN2O2/c1-3-23-20(26)14(2)24(13-16-6-4-5-7-18(16)22)19(25)12-15-8-10-17(21)11-9-15/h4-11,14H,3,12-13H2,1-2H3,(H,23,26)/t14-/m1/s1. The molecule has 138 valence electrons. The van der Waals surface area contributed by atoms with Crippen molar-refractivity contribution in [2.75, 3.05) is 6.54 Å². The number of likely N-dealkylation sites (N-methyl/N-ethyl adjacent to an activating group) is 1. The number of rotatable bonds is 7. The van der Waals surface area contributed by atoms with Crippen molar-refractivity contribution in [3.63, 3.8) is 0 Å². The van der Waals surface area contributed by atoms with Crippen LogP contribution in [0.15, 0.2) is 48.5 Å². The highest BCUT2D eigenvalue weighted by molar-refractivity contribution is 6.30. The normalized spacial score (nSPS) is 11.7. The molecule has 26 heavy (non-hydrogen) atoms. The van der Waals surface area contributed by atoms with Gasteiger partial charge in [0.15, 0.2) is 0 Å². The van der Waals surface area contributed by atoms with Gasteiger partial charge < -0.3 is 10.2 Å². The first-order valence-corrected chi connectivity index (χ1v) is 8.85. The Labute approximate surface area is 158 Å². The molecule has 0 spiro atoms. The molecular formula is C20H22ClFN2O2. The fourth-order valence-corrected chi connectivity index (χ4v) is 2.72. The first-order valence-electron chi connectivity index (χ1n) is 8.47. The third-order valence-corrected chi connectivity index (χ3v) is 4.34. The Morgan fingerprint density at radius 3 is 2.42 bits per heavy atom. The second-order valence-electron chi connectivity index (χ2n) is 5.99. The van der Waals surface area contributed by atoms with Crippen LogP contribution in [0, 0.1) is 5.82 Å². The molecule has 2 rings (SSSR count). The largest absolute Gasteiger partial charge is 0.355 e. The van der Waals surface area contributed by atoms with Crippen LogP contribution in [0.2, 0.25) is 5.02 Å². The van der Waals surface area contributed by atoms with Gasteiger partial charge in [-0.1, -0.05) is 41.9 Å². The summed E-state index contributed by atoms with van der Waals surface area (Å²) >= 11 is 5.87. The van der Waals surface area contributed by atoms with E-state index < -0.39 is 11.9 Å². The maximum Gasteiger partial charge on any atom is 0.242 e. The molecule has 0 unspecified atom stereocenters. The molecule has 0 heterocycles. The second kappa shape index (κ2) is 9.34. The van der Waals surface area contributed by atoms with Crippen molar-refractivity contribution >= 4 is 23.4 Å². The summed E-state index contributed by atoms with van der Waals surface area (Å²) in [5.41, 5.74) is 1.15. The van der Waals surface area contributed by atoms with Gasteiger partial charge in [0.1, 0.15) is 11.9 Å². The van der Waals surface area contributed by atoms with Crippen LogP contribution in [-0.4, -0.2) is 29.3 Å². The smallest absolute Gasteiger partial charge is 0.242 e. The summed E-state index contributed by atoms with van der Waals surface area (Å²) in [4.78, 5) is 26.5. The summed E-state index contributed by atoms with van der Waals surface area (Å²) in [7, 11) is 0. The second-order valence-corrected chi connectivity index (χ2v) is 6.42. The Bertz CT molecular complexity index is 765. The van der Waals surface area contributed by atoms with Gasteiger partial charge in [-0.05, 0) is 37.6 Å². The van der Waals surface area contributed by atoms with Crippen LogP contribution in [0.1, 0.15) is 25.0 Å². The monoisotopic (exact) mass is 376 g/mol. The zero-order chi connectivity index (χ0) is 19.1. The van der Waals surface area contributed by atoms with Crippen LogP contribution in [0.5, 0.6) is 0 Å². The van der Waals surface area contributed by atoms with E-state index in [1.54, 1.807) is 56.3 Å². The Morgan fingerprint density at radius 1 is 1.15 bits per heavy atom. The number of nitrogens with zero attached hydrogens (tertiary/aromatic N) is 1. The molecule has 0 fully saturated rings. The van der Waals surface area contributed by atoms with E-state index in [1.807, 2.05) is 0 Å². The predicted octanol–water partition coefficient (Wildman–Crippen LogP) is 3.58. The number of amides is 2. The summed E-state index contributed by atoms with van der Waals surface area (Å²) in [5, 5.41) is 3.29. The van der Waals surface area contributed by atoms with E-state index in [1.165, 1.54) is 11.0 Å². The third-order valence-electron chi connectivity index (χ3n) is 4.09. The summed E-state index contributed by atoms with van der Waals surface area (Å²) in [6.45, 7) is 3.94. The lowest BCUT2D eigenvalue weighted by Gasteiger charge is -2.29. The fraction of sp³-hybridized carbons (Fsp3) is 0.300. The molecule has 1 atom stereocenters. The summed E-state index contributed by atoms with van der Waals surface area (Å²) in [6.07, 6.45) is 0.107. The fourth-order valence-electron chi connectivity index (χ4n) is 2.59. The average molecular weight is 377 g/mol. The summed E-state index contributed by atoms with van der Waals surface area (Å²) in [5.74, 6) is -0.928. The van der Waals surface area contributed by atoms with Gasteiger partial charge in [0.25, 0.3) is 0 Å². The first-order chi connectivity index (χ1) is 12.4. The molecule has 0 aliphatic rings. The van der Waals surface area contributed by atoms with E-state index in [4.69, 9.17) is 11.6 Å². The highest BCUT2D eigenvalue weighted by Gasteiger charge is 2.26. The zero-order valence-corrected chi connectivity index (χ0v) is 15.6. The molecule has 0 aliphatic heterocycles. The molecule has 6 heteroatoms. The molecule has 2 aromatic rings. The van der Waals surface area contributed by atoms with Gasteiger partial charge in [-0.25, -0.2) is 4.39 Å². The van der Waals surface area contributed by atoms with Gasteiger partial charge in [0.05, 0.1) is 6.42 Å². The first kappa shape index (κ1) is 19.9. The van der Waals surface area contributed by atoms with E-state index in [0.717, 1.165) is 5.56 Å². The van der Waals surface area contributed by atoms with Crippen molar-refractivity contribution in [3.05, 3.63) is 70.5 Å². The van der Waals surface area contributed by atoms with E-state index in [9.17, 15) is 14.0 Å².